The molecule has 3 heterocycles. The number of hydrogen-bond donors (Lipinski definition) is 1. The Kier molecular flexibility index (Phi) is 4.41. The molecule has 4 rings (SSSR count). The van der Waals surface area contributed by atoms with Crippen molar-refractivity contribution < 1.29 is 4.79 Å². The molecule has 0 aliphatic carbocycles. The number of carbonyl (C=O) groups is 1. The lowest BCUT2D eigenvalue weighted by atomic mass is 10.1. The van der Waals surface area contributed by atoms with E-state index in [1.54, 1.807) is 21.5 Å². The summed E-state index contributed by atoms with van der Waals surface area (Å²) in [5, 5.41) is 7.88. The number of aromatic nitrogens is 4. The van der Waals surface area contributed by atoms with Gasteiger partial charge in [-0.3, -0.25) is 13.9 Å². The van der Waals surface area contributed by atoms with E-state index in [9.17, 15) is 4.79 Å². The molecule has 0 saturated carbocycles. The molecule has 136 valence electrons. The molecular weight excluding hydrogens is 362 g/mol. The highest BCUT2D eigenvalue weighted by Crippen LogP contribution is 2.21. The predicted molar refractivity (Wildman–Crippen MR) is 105 cm³/mol. The van der Waals surface area contributed by atoms with Crippen LogP contribution in [-0.4, -0.2) is 25.1 Å². The van der Waals surface area contributed by atoms with Crippen LogP contribution in [0.3, 0.4) is 0 Å². The minimum Gasteiger partial charge on any atom is -0.344 e. The minimum atomic E-state index is -0.187. The molecular formula is C20H18ClN5O. The quantitative estimate of drug-likeness (QED) is 0.585. The van der Waals surface area contributed by atoms with Gasteiger partial charge in [0.25, 0.3) is 5.91 Å². The lowest BCUT2D eigenvalue weighted by Gasteiger charge is -2.14. The summed E-state index contributed by atoms with van der Waals surface area (Å²) in [5.41, 5.74) is 4.13. The largest absolute Gasteiger partial charge is 0.344 e. The number of amides is 1. The molecule has 0 saturated heterocycles. The lowest BCUT2D eigenvalue weighted by Crippen LogP contribution is -2.27. The van der Waals surface area contributed by atoms with Gasteiger partial charge < -0.3 is 5.32 Å². The first-order valence-electron chi connectivity index (χ1n) is 8.54. The summed E-state index contributed by atoms with van der Waals surface area (Å²) in [4.78, 5) is 17.1. The highest BCUT2D eigenvalue weighted by molar-refractivity contribution is 6.30. The molecule has 1 amide bonds. The van der Waals surface area contributed by atoms with Crippen molar-refractivity contribution in [3.05, 3.63) is 77.5 Å². The number of fused-ring (bicyclic) bond motifs is 1. The molecule has 0 unspecified atom stereocenters. The molecule has 1 aromatic carbocycles. The van der Waals surface area contributed by atoms with Gasteiger partial charge in [-0.1, -0.05) is 23.7 Å². The van der Waals surface area contributed by atoms with E-state index < -0.39 is 0 Å². The Balaban J connectivity index is 1.62. The second-order valence-corrected chi connectivity index (χ2v) is 6.88. The fraction of sp³-hybridized carbons (Fsp3) is 0.150. The van der Waals surface area contributed by atoms with Crippen molar-refractivity contribution in [3.8, 4) is 11.1 Å². The van der Waals surface area contributed by atoms with Gasteiger partial charge in [-0.2, -0.15) is 5.10 Å². The maximum absolute atomic E-state index is 12.8. The van der Waals surface area contributed by atoms with Crippen LogP contribution in [0.2, 0.25) is 5.02 Å². The van der Waals surface area contributed by atoms with Gasteiger partial charge >= 0.3 is 0 Å². The number of imidazole rings is 1. The molecule has 0 spiro atoms. The molecule has 7 heteroatoms. The van der Waals surface area contributed by atoms with Crippen LogP contribution in [0.15, 0.2) is 61.2 Å². The summed E-state index contributed by atoms with van der Waals surface area (Å²) in [6.07, 6.45) is 7.22. The van der Waals surface area contributed by atoms with Crippen molar-refractivity contribution in [1.29, 1.82) is 0 Å². The Bertz CT molecular complexity index is 1110. The van der Waals surface area contributed by atoms with Gasteiger partial charge in [0.1, 0.15) is 11.3 Å². The highest BCUT2D eigenvalue weighted by atomic mass is 35.5. The number of hydrogen-bond acceptors (Lipinski definition) is 3. The van der Waals surface area contributed by atoms with E-state index in [0.717, 1.165) is 16.7 Å². The Morgan fingerprint density at radius 1 is 1.07 bits per heavy atom. The summed E-state index contributed by atoms with van der Waals surface area (Å²) in [5.74, 6) is -0.187. The number of nitrogens with zero attached hydrogens (tertiary/aromatic N) is 4. The third-order valence-corrected chi connectivity index (χ3v) is 4.75. The molecule has 0 aliphatic rings. The molecule has 0 fully saturated rings. The Hall–Kier alpha value is -3.12. The zero-order valence-corrected chi connectivity index (χ0v) is 15.7. The lowest BCUT2D eigenvalue weighted by molar-refractivity contribution is 0.0934. The number of pyridine rings is 1. The normalized spacial score (nSPS) is 12.3. The van der Waals surface area contributed by atoms with E-state index >= 15 is 0 Å². The van der Waals surface area contributed by atoms with Crippen LogP contribution in [0.25, 0.3) is 16.8 Å². The molecule has 0 aliphatic heterocycles. The number of nitrogens with one attached hydrogen (secondary N) is 1. The molecule has 6 nitrogen and oxygen atoms in total. The summed E-state index contributed by atoms with van der Waals surface area (Å²) < 4.78 is 3.54. The van der Waals surface area contributed by atoms with E-state index in [-0.39, 0.29) is 11.9 Å². The van der Waals surface area contributed by atoms with Crippen molar-refractivity contribution in [2.45, 2.75) is 13.0 Å². The van der Waals surface area contributed by atoms with Crippen LogP contribution >= 0.6 is 11.6 Å². The zero-order valence-electron chi connectivity index (χ0n) is 14.9. The summed E-state index contributed by atoms with van der Waals surface area (Å²) in [6.45, 7) is 1.94. The van der Waals surface area contributed by atoms with Gasteiger partial charge in [0.2, 0.25) is 0 Å². The SMILES string of the molecule is C[C@H](NC(=O)c1cnc2ccc(-c3cnn(C)c3)cn12)c1ccc(Cl)cc1. The zero-order chi connectivity index (χ0) is 19.0. The Labute approximate surface area is 161 Å². The van der Waals surface area contributed by atoms with Crippen molar-refractivity contribution in [2.75, 3.05) is 0 Å². The standard InChI is InChI=1S/C20H18ClN5O/c1-13(14-3-6-17(21)7-4-14)24-20(27)18-10-22-19-8-5-15(12-26(18)19)16-9-23-25(2)11-16/h3-13H,1-2H3,(H,24,27)/t13-/m0/s1. The van der Waals surface area contributed by atoms with E-state index in [4.69, 9.17) is 11.6 Å². The number of halogens is 1. The van der Waals surface area contributed by atoms with Gasteiger partial charge in [-0.05, 0) is 36.8 Å². The van der Waals surface area contributed by atoms with Gasteiger partial charge in [0.05, 0.1) is 18.4 Å². The Morgan fingerprint density at radius 2 is 1.85 bits per heavy atom. The van der Waals surface area contributed by atoms with E-state index in [0.29, 0.717) is 16.4 Å². The fourth-order valence-corrected chi connectivity index (χ4v) is 3.12. The van der Waals surface area contributed by atoms with Crippen molar-refractivity contribution >= 4 is 23.2 Å². The van der Waals surface area contributed by atoms with Crippen molar-refractivity contribution in [3.63, 3.8) is 0 Å². The monoisotopic (exact) mass is 379 g/mol. The van der Waals surface area contributed by atoms with Gasteiger partial charge in [-0.25, -0.2) is 4.98 Å². The van der Waals surface area contributed by atoms with Gasteiger partial charge in [-0.15, -0.1) is 0 Å². The number of rotatable bonds is 4. The average Bonchev–Trinajstić information content (AvgIpc) is 3.27. The number of carbonyl (C=O) groups excluding carboxylic acids is 1. The summed E-state index contributed by atoms with van der Waals surface area (Å²) in [7, 11) is 1.87. The van der Waals surface area contributed by atoms with Crippen LogP contribution in [0.5, 0.6) is 0 Å². The number of aryl methyl sites for hydroxylation is 1. The van der Waals surface area contributed by atoms with Crippen LogP contribution < -0.4 is 5.32 Å². The van der Waals surface area contributed by atoms with Gasteiger partial charge in [0, 0.05) is 35.6 Å². The first-order chi connectivity index (χ1) is 13.0. The average molecular weight is 380 g/mol. The van der Waals surface area contributed by atoms with Crippen LogP contribution in [0.4, 0.5) is 0 Å². The third kappa shape index (κ3) is 3.44. The maximum Gasteiger partial charge on any atom is 0.270 e. The van der Waals surface area contributed by atoms with Gasteiger partial charge in [0.15, 0.2) is 0 Å². The molecule has 0 radical (unpaired) electrons. The maximum atomic E-state index is 12.8. The summed E-state index contributed by atoms with van der Waals surface area (Å²) >= 11 is 5.93. The Morgan fingerprint density at radius 3 is 2.56 bits per heavy atom. The molecule has 4 aromatic rings. The van der Waals surface area contributed by atoms with Crippen LogP contribution in [0, 0.1) is 0 Å². The second kappa shape index (κ2) is 6.89. The summed E-state index contributed by atoms with van der Waals surface area (Å²) in [6, 6.07) is 11.1. The fourth-order valence-electron chi connectivity index (χ4n) is 2.99. The topological polar surface area (TPSA) is 64.2 Å². The highest BCUT2D eigenvalue weighted by Gasteiger charge is 2.16. The van der Waals surface area contributed by atoms with E-state index in [1.165, 1.54) is 0 Å². The van der Waals surface area contributed by atoms with Crippen LogP contribution in [-0.2, 0) is 7.05 Å². The third-order valence-electron chi connectivity index (χ3n) is 4.49. The molecule has 0 bridgehead atoms. The van der Waals surface area contributed by atoms with Crippen molar-refractivity contribution in [1.82, 2.24) is 24.5 Å². The molecule has 1 N–H and O–H groups in total. The predicted octanol–water partition coefficient (Wildman–Crippen LogP) is 3.88. The second-order valence-electron chi connectivity index (χ2n) is 6.44. The first-order valence-corrected chi connectivity index (χ1v) is 8.91. The van der Waals surface area contributed by atoms with E-state index in [1.807, 2.05) is 62.8 Å². The first kappa shape index (κ1) is 17.3. The minimum absolute atomic E-state index is 0.151. The van der Waals surface area contributed by atoms with Crippen LogP contribution in [0.1, 0.15) is 29.0 Å². The molecule has 1 atom stereocenters. The van der Waals surface area contributed by atoms with Crippen molar-refractivity contribution in [2.24, 2.45) is 7.05 Å². The smallest absolute Gasteiger partial charge is 0.270 e. The van der Waals surface area contributed by atoms with E-state index in [2.05, 4.69) is 15.4 Å². The number of benzene rings is 1. The molecule has 3 aromatic heterocycles. The molecule has 27 heavy (non-hydrogen) atoms.